The van der Waals surface area contributed by atoms with Crippen LogP contribution >= 0.6 is 11.6 Å². The number of carbonyl (C=O) groups excluding carboxylic acids is 2. The van der Waals surface area contributed by atoms with E-state index in [1.807, 2.05) is 10.6 Å². The number of imidazole rings is 1. The van der Waals surface area contributed by atoms with E-state index in [-0.39, 0.29) is 48.2 Å². The average molecular weight is 566 g/mol. The van der Waals surface area contributed by atoms with Crippen LogP contribution in [0.15, 0.2) is 18.0 Å². The molecule has 0 saturated carbocycles. The molecule has 3 heterocycles. The van der Waals surface area contributed by atoms with Crippen LogP contribution < -0.4 is 5.73 Å². The molecule has 1 fully saturated rings. The van der Waals surface area contributed by atoms with Crippen molar-refractivity contribution < 1.29 is 28.2 Å². The van der Waals surface area contributed by atoms with Gasteiger partial charge in [-0.25, -0.2) is 9.78 Å². The topological polar surface area (TPSA) is 141 Å². The van der Waals surface area contributed by atoms with Crippen molar-refractivity contribution in [2.75, 3.05) is 18.9 Å². The highest BCUT2D eigenvalue weighted by atomic mass is 35.5. The fraction of sp³-hybridized carbons (Fsp3) is 0.640. The summed E-state index contributed by atoms with van der Waals surface area (Å²) < 4.78 is 25.8. The fourth-order valence-corrected chi connectivity index (χ4v) is 6.24. The molecule has 11 nitrogen and oxygen atoms in total. The van der Waals surface area contributed by atoms with Crippen LogP contribution in [-0.4, -0.2) is 70.8 Å². The number of halogens is 1. The zero-order valence-electron chi connectivity index (χ0n) is 22.9. The SMILES string of the molecule is CCOC(=O)C[C@]1(C(=O)OCC)CC2=C[C@@H](n3cnc4c(Cl)nc(N)nc43)[C@H](O[Si](C)(C)C(C)(C)C)[C@@H]2O1. The van der Waals surface area contributed by atoms with Crippen molar-refractivity contribution in [1.82, 2.24) is 19.5 Å². The summed E-state index contributed by atoms with van der Waals surface area (Å²) >= 11 is 6.29. The monoisotopic (exact) mass is 565 g/mol. The molecule has 2 N–H and O–H groups in total. The van der Waals surface area contributed by atoms with Gasteiger partial charge in [0.25, 0.3) is 0 Å². The molecule has 0 aromatic carbocycles. The molecular weight excluding hydrogens is 530 g/mol. The largest absolute Gasteiger partial charge is 0.466 e. The van der Waals surface area contributed by atoms with Gasteiger partial charge in [-0.3, -0.25) is 4.79 Å². The zero-order valence-corrected chi connectivity index (χ0v) is 24.7. The highest BCUT2D eigenvalue weighted by molar-refractivity contribution is 6.74. The van der Waals surface area contributed by atoms with Crippen LogP contribution in [0.1, 0.15) is 53.5 Å². The smallest absolute Gasteiger partial charge is 0.339 e. The lowest BCUT2D eigenvalue weighted by Crippen LogP contribution is -2.50. The summed E-state index contributed by atoms with van der Waals surface area (Å²) in [4.78, 5) is 38.5. The van der Waals surface area contributed by atoms with E-state index in [1.165, 1.54) is 0 Å². The quantitative estimate of drug-likeness (QED) is 0.216. The summed E-state index contributed by atoms with van der Waals surface area (Å²) in [5.41, 5.74) is 6.13. The predicted octanol–water partition coefficient (Wildman–Crippen LogP) is 3.98. The summed E-state index contributed by atoms with van der Waals surface area (Å²) in [7, 11) is -2.35. The normalized spacial score (nSPS) is 25.4. The number of aromatic nitrogens is 4. The molecule has 0 radical (unpaired) electrons. The summed E-state index contributed by atoms with van der Waals surface area (Å²) in [5.74, 6) is -1.09. The molecule has 2 aromatic heterocycles. The van der Waals surface area contributed by atoms with E-state index < -0.39 is 38.1 Å². The fourth-order valence-electron chi connectivity index (χ4n) is 4.72. The van der Waals surface area contributed by atoms with Crippen molar-refractivity contribution >= 4 is 49.0 Å². The Morgan fingerprint density at radius 1 is 1.24 bits per heavy atom. The van der Waals surface area contributed by atoms with Gasteiger partial charge in [0.15, 0.2) is 24.7 Å². The third-order valence-corrected chi connectivity index (χ3v) is 12.3. The van der Waals surface area contributed by atoms with Crippen LogP contribution in [0, 0.1) is 0 Å². The molecule has 208 valence electrons. The van der Waals surface area contributed by atoms with Gasteiger partial charge in [-0.15, -0.1) is 0 Å². The van der Waals surface area contributed by atoms with Crippen molar-refractivity contribution in [3.63, 3.8) is 0 Å². The maximum Gasteiger partial charge on any atom is 0.339 e. The standard InChI is InChI=1S/C25H36ClN5O6Si/c1-8-34-16(32)12-25(22(33)35-9-2)11-14-10-15(19(18(14)36-25)37-38(6,7)24(3,4)5)31-13-28-17-20(26)29-23(27)30-21(17)31/h10,13,15,18-19H,8-9,11-12H2,1-7H3,(H2,27,29,30)/t15-,18-,19+,25+/m1/s1. The first-order valence-corrected chi connectivity index (χ1v) is 16.1. The third kappa shape index (κ3) is 5.06. The van der Waals surface area contributed by atoms with Gasteiger partial charge in [-0.05, 0) is 37.6 Å². The average Bonchev–Trinajstić information content (AvgIpc) is 3.45. The lowest BCUT2D eigenvalue weighted by Gasteiger charge is -2.41. The number of anilines is 1. The Labute approximate surface area is 228 Å². The second-order valence-electron chi connectivity index (χ2n) is 11.2. The Balaban J connectivity index is 1.80. The van der Waals surface area contributed by atoms with E-state index in [9.17, 15) is 9.59 Å². The molecule has 0 spiro atoms. The van der Waals surface area contributed by atoms with E-state index in [0.717, 1.165) is 5.57 Å². The number of hydrogen-bond acceptors (Lipinski definition) is 10. The number of fused-ring (bicyclic) bond motifs is 2. The van der Waals surface area contributed by atoms with Gasteiger partial charge in [0.2, 0.25) is 5.95 Å². The van der Waals surface area contributed by atoms with E-state index in [2.05, 4.69) is 48.8 Å². The Morgan fingerprint density at radius 3 is 2.55 bits per heavy atom. The van der Waals surface area contributed by atoms with E-state index in [4.69, 9.17) is 36.0 Å². The Bertz CT molecular complexity index is 1270. The van der Waals surface area contributed by atoms with Crippen LogP contribution in [0.2, 0.25) is 23.3 Å². The minimum atomic E-state index is -2.35. The van der Waals surface area contributed by atoms with Crippen LogP contribution in [-0.2, 0) is 28.2 Å². The van der Waals surface area contributed by atoms with Crippen molar-refractivity contribution in [2.45, 2.75) is 89.4 Å². The first kappa shape index (κ1) is 28.5. The van der Waals surface area contributed by atoms with Gasteiger partial charge in [0.1, 0.15) is 11.6 Å². The molecule has 4 atom stereocenters. The lowest BCUT2D eigenvalue weighted by molar-refractivity contribution is -0.181. The van der Waals surface area contributed by atoms with E-state index in [0.29, 0.717) is 11.2 Å². The summed E-state index contributed by atoms with van der Waals surface area (Å²) in [6.07, 6.45) is 2.43. The highest BCUT2D eigenvalue weighted by Gasteiger charge is 2.58. The molecule has 2 aliphatic rings. The van der Waals surface area contributed by atoms with Gasteiger partial charge in [0.05, 0.1) is 38.1 Å². The van der Waals surface area contributed by atoms with Crippen molar-refractivity contribution in [3.05, 3.63) is 23.1 Å². The molecule has 1 aliphatic heterocycles. The molecule has 13 heteroatoms. The first-order chi connectivity index (χ1) is 17.7. The Hall–Kier alpha value is -2.54. The second-order valence-corrected chi connectivity index (χ2v) is 16.3. The summed E-state index contributed by atoms with van der Waals surface area (Å²) in [6.45, 7) is 14.5. The maximum absolute atomic E-state index is 13.2. The van der Waals surface area contributed by atoms with Gasteiger partial charge >= 0.3 is 11.9 Å². The van der Waals surface area contributed by atoms with Crippen molar-refractivity contribution in [1.29, 1.82) is 0 Å². The maximum atomic E-state index is 13.2. The molecular formula is C25H36ClN5O6Si. The number of carbonyl (C=O) groups is 2. The Kier molecular flexibility index (Phi) is 7.65. The number of esters is 2. The number of hydrogen-bond donors (Lipinski definition) is 1. The van der Waals surface area contributed by atoms with Crippen molar-refractivity contribution in [2.24, 2.45) is 0 Å². The lowest BCUT2D eigenvalue weighted by atomic mass is 9.93. The molecule has 4 rings (SSSR count). The van der Waals surface area contributed by atoms with Crippen molar-refractivity contribution in [3.8, 4) is 0 Å². The van der Waals surface area contributed by atoms with Crippen LogP contribution in [0.3, 0.4) is 0 Å². The van der Waals surface area contributed by atoms with Crippen LogP contribution in [0.4, 0.5) is 5.95 Å². The highest BCUT2D eigenvalue weighted by Crippen LogP contribution is 2.50. The molecule has 1 saturated heterocycles. The summed E-state index contributed by atoms with van der Waals surface area (Å²) in [6, 6.07) is -0.373. The minimum absolute atomic E-state index is 0.0315. The van der Waals surface area contributed by atoms with Crippen LogP contribution in [0.5, 0.6) is 0 Å². The third-order valence-electron chi connectivity index (χ3n) is 7.56. The minimum Gasteiger partial charge on any atom is -0.466 e. The molecule has 0 bridgehead atoms. The second kappa shape index (κ2) is 10.2. The van der Waals surface area contributed by atoms with E-state index >= 15 is 0 Å². The number of nitrogen functional groups attached to an aromatic ring is 1. The number of nitrogens with two attached hydrogens (primary N) is 1. The molecule has 0 amide bonds. The van der Waals surface area contributed by atoms with E-state index in [1.54, 1.807) is 20.2 Å². The number of rotatable bonds is 8. The summed E-state index contributed by atoms with van der Waals surface area (Å²) in [5, 5.41) is 0.0561. The zero-order chi connectivity index (χ0) is 28.0. The molecule has 38 heavy (non-hydrogen) atoms. The van der Waals surface area contributed by atoms with Gasteiger partial charge in [0, 0.05) is 6.42 Å². The van der Waals surface area contributed by atoms with Crippen LogP contribution in [0.25, 0.3) is 11.2 Å². The predicted molar refractivity (Wildman–Crippen MR) is 144 cm³/mol. The Morgan fingerprint density at radius 2 is 1.92 bits per heavy atom. The van der Waals surface area contributed by atoms with Gasteiger partial charge < -0.3 is 28.9 Å². The van der Waals surface area contributed by atoms with Gasteiger partial charge in [-0.1, -0.05) is 38.4 Å². The molecule has 1 aliphatic carbocycles. The molecule has 2 aromatic rings. The first-order valence-electron chi connectivity index (χ1n) is 12.8. The van der Waals surface area contributed by atoms with Gasteiger partial charge in [-0.2, -0.15) is 9.97 Å². The molecule has 0 unspecified atom stereocenters. The number of ether oxygens (including phenoxy) is 3. The number of nitrogens with zero attached hydrogens (tertiary/aromatic N) is 4.